The van der Waals surface area contributed by atoms with Gasteiger partial charge in [0.15, 0.2) is 5.60 Å². The Morgan fingerprint density at radius 1 is 1.00 bits per heavy atom. The summed E-state index contributed by atoms with van der Waals surface area (Å²) in [5, 5.41) is 29.8. The van der Waals surface area contributed by atoms with Gasteiger partial charge in [-0.25, -0.2) is 4.79 Å². The molecular formula is C16H16O5. The Morgan fingerprint density at radius 2 is 1.67 bits per heavy atom. The second-order valence-electron chi connectivity index (χ2n) is 5.09. The van der Waals surface area contributed by atoms with E-state index in [4.69, 9.17) is 10.2 Å². The molecule has 1 unspecified atom stereocenters. The van der Waals surface area contributed by atoms with Gasteiger partial charge < -0.3 is 15.3 Å². The van der Waals surface area contributed by atoms with Crippen LogP contribution < -0.4 is 0 Å². The van der Waals surface area contributed by atoms with E-state index in [0.717, 1.165) is 16.3 Å². The van der Waals surface area contributed by atoms with Crippen LogP contribution in [0.2, 0.25) is 0 Å². The fourth-order valence-electron chi connectivity index (χ4n) is 2.27. The molecule has 2 aromatic rings. The van der Waals surface area contributed by atoms with Gasteiger partial charge in [-0.1, -0.05) is 42.5 Å². The predicted molar refractivity (Wildman–Crippen MR) is 77.1 cm³/mol. The van der Waals surface area contributed by atoms with E-state index in [1.165, 1.54) is 0 Å². The zero-order chi connectivity index (χ0) is 15.5. The van der Waals surface area contributed by atoms with Gasteiger partial charge in [-0.2, -0.15) is 0 Å². The Bertz CT molecular complexity index is 679. The van der Waals surface area contributed by atoms with E-state index in [9.17, 15) is 14.7 Å². The molecule has 0 bridgehead atoms. The zero-order valence-corrected chi connectivity index (χ0v) is 11.3. The molecule has 0 heterocycles. The van der Waals surface area contributed by atoms with Gasteiger partial charge in [0.1, 0.15) is 0 Å². The quantitative estimate of drug-likeness (QED) is 0.756. The molecule has 0 aromatic heterocycles. The van der Waals surface area contributed by atoms with Crippen molar-refractivity contribution in [2.75, 3.05) is 0 Å². The third kappa shape index (κ3) is 3.58. The molecule has 2 rings (SSSR count). The largest absolute Gasteiger partial charge is 0.481 e. The van der Waals surface area contributed by atoms with Crippen LogP contribution in [0.5, 0.6) is 0 Å². The van der Waals surface area contributed by atoms with Crippen LogP contribution in [0.15, 0.2) is 42.5 Å². The standard InChI is InChI=1S/C16H16O5/c17-14(18)10-16(21,15(19)20)8-7-11-5-6-12-3-1-2-4-13(12)9-11/h1-6,9,21H,7-8,10H2,(H,17,18)(H,19,20). The highest BCUT2D eigenvalue weighted by Crippen LogP contribution is 2.22. The van der Waals surface area contributed by atoms with Crippen LogP contribution >= 0.6 is 0 Å². The zero-order valence-electron chi connectivity index (χ0n) is 11.3. The van der Waals surface area contributed by atoms with E-state index in [0.29, 0.717) is 6.42 Å². The number of benzene rings is 2. The highest BCUT2D eigenvalue weighted by molar-refractivity contribution is 5.84. The number of carboxylic acids is 2. The van der Waals surface area contributed by atoms with Crippen molar-refractivity contribution in [2.45, 2.75) is 24.9 Å². The summed E-state index contributed by atoms with van der Waals surface area (Å²) in [6.07, 6.45) is -0.663. The van der Waals surface area contributed by atoms with Crippen molar-refractivity contribution in [3.8, 4) is 0 Å². The summed E-state index contributed by atoms with van der Waals surface area (Å²) in [5.74, 6) is -2.84. The van der Waals surface area contributed by atoms with Crippen molar-refractivity contribution in [2.24, 2.45) is 0 Å². The van der Waals surface area contributed by atoms with Crippen LogP contribution in [0, 0.1) is 0 Å². The van der Waals surface area contributed by atoms with Crippen molar-refractivity contribution in [3.05, 3.63) is 48.0 Å². The molecule has 0 aliphatic heterocycles. The Balaban J connectivity index is 2.15. The maximum atomic E-state index is 11.1. The minimum atomic E-state index is -2.24. The first-order valence-electron chi connectivity index (χ1n) is 6.56. The smallest absolute Gasteiger partial charge is 0.336 e. The minimum Gasteiger partial charge on any atom is -0.481 e. The number of aliphatic carboxylic acids is 2. The van der Waals surface area contributed by atoms with Gasteiger partial charge in [0, 0.05) is 0 Å². The SMILES string of the molecule is O=C(O)CC(O)(CCc1ccc2ccccc2c1)C(=O)O. The first-order chi connectivity index (χ1) is 9.90. The summed E-state index contributed by atoms with van der Waals surface area (Å²) in [7, 11) is 0. The molecule has 0 fully saturated rings. The maximum Gasteiger partial charge on any atom is 0.336 e. The van der Waals surface area contributed by atoms with Crippen molar-refractivity contribution in [3.63, 3.8) is 0 Å². The summed E-state index contributed by atoms with van der Waals surface area (Å²) in [6, 6.07) is 13.4. The lowest BCUT2D eigenvalue weighted by Gasteiger charge is -2.21. The normalized spacial score (nSPS) is 13.8. The van der Waals surface area contributed by atoms with E-state index in [2.05, 4.69) is 0 Å². The van der Waals surface area contributed by atoms with Crippen molar-refractivity contribution in [1.29, 1.82) is 0 Å². The fraction of sp³-hybridized carbons (Fsp3) is 0.250. The molecule has 0 aliphatic carbocycles. The van der Waals surface area contributed by atoms with E-state index < -0.39 is 24.0 Å². The van der Waals surface area contributed by atoms with Crippen LogP contribution in [0.25, 0.3) is 10.8 Å². The van der Waals surface area contributed by atoms with E-state index in [1.54, 1.807) is 0 Å². The number of aliphatic hydroxyl groups is 1. The average molecular weight is 288 g/mol. The first-order valence-corrected chi connectivity index (χ1v) is 6.56. The van der Waals surface area contributed by atoms with E-state index in [1.807, 2.05) is 42.5 Å². The molecule has 0 radical (unpaired) electrons. The molecule has 3 N–H and O–H groups in total. The number of hydrogen-bond acceptors (Lipinski definition) is 3. The van der Waals surface area contributed by atoms with Gasteiger partial charge in [0.2, 0.25) is 0 Å². The third-order valence-electron chi connectivity index (χ3n) is 3.48. The van der Waals surface area contributed by atoms with Gasteiger partial charge in [-0.05, 0) is 29.2 Å². The molecular weight excluding hydrogens is 272 g/mol. The van der Waals surface area contributed by atoms with E-state index in [-0.39, 0.29) is 6.42 Å². The van der Waals surface area contributed by atoms with Crippen molar-refractivity contribution < 1.29 is 24.9 Å². The molecule has 0 spiro atoms. The molecule has 0 aliphatic rings. The Kier molecular flexibility index (Phi) is 4.23. The molecule has 21 heavy (non-hydrogen) atoms. The lowest BCUT2D eigenvalue weighted by Crippen LogP contribution is -2.41. The summed E-state index contributed by atoms with van der Waals surface area (Å²) in [6.45, 7) is 0. The van der Waals surface area contributed by atoms with Crippen LogP contribution in [-0.2, 0) is 16.0 Å². The Labute approximate surface area is 121 Å². The fourth-order valence-corrected chi connectivity index (χ4v) is 2.27. The maximum absolute atomic E-state index is 11.1. The minimum absolute atomic E-state index is 0.146. The van der Waals surface area contributed by atoms with Gasteiger partial charge in [-0.3, -0.25) is 4.79 Å². The monoisotopic (exact) mass is 288 g/mol. The number of carboxylic acid groups (broad SMARTS) is 2. The summed E-state index contributed by atoms with van der Waals surface area (Å²) in [5.41, 5.74) is -1.38. The average Bonchev–Trinajstić information content (AvgIpc) is 2.44. The lowest BCUT2D eigenvalue weighted by atomic mass is 9.91. The number of fused-ring (bicyclic) bond motifs is 1. The first kappa shape index (κ1) is 15.0. The van der Waals surface area contributed by atoms with E-state index >= 15 is 0 Å². The molecule has 1 atom stereocenters. The van der Waals surface area contributed by atoms with Crippen molar-refractivity contribution >= 4 is 22.7 Å². The second kappa shape index (κ2) is 5.93. The Morgan fingerprint density at radius 3 is 2.29 bits per heavy atom. The highest BCUT2D eigenvalue weighted by Gasteiger charge is 2.38. The van der Waals surface area contributed by atoms with Crippen LogP contribution in [0.3, 0.4) is 0 Å². The van der Waals surface area contributed by atoms with Gasteiger partial charge in [0.05, 0.1) is 6.42 Å². The Hall–Kier alpha value is -2.40. The summed E-state index contributed by atoms with van der Waals surface area (Å²) in [4.78, 5) is 21.8. The third-order valence-corrected chi connectivity index (χ3v) is 3.48. The topological polar surface area (TPSA) is 94.8 Å². The summed E-state index contributed by atoms with van der Waals surface area (Å²) < 4.78 is 0. The molecule has 5 heteroatoms. The van der Waals surface area contributed by atoms with Gasteiger partial charge in [-0.15, -0.1) is 0 Å². The van der Waals surface area contributed by atoms with Crippen LogP contribution in [0.1, 0.15) is 18.4 Å². The predicted octanol–water partition coefficient (Wildman–Crippen LogP) is 2.06. The summed E-state index contributed by atoms with van der Waals surface area (Å²) >= 11 is 0. The van der Waals surface area contributed by atoms with Crippen LogP contribution in [-0.4, -0.2) is 32.9 Å². The number of aryl methyl sites for hydroxylation is 1. The molecule has 0 amide bonds. The number of carbonyl (C=O) groups is 2. The molecule has 2 aromatic carbocycles. The molecule has 0 saturated carbocycles. The molecule has 110 valence electrons. The number of rotatable bonds is 6. The van der Waals surface area contributed by atoms with Crippen LogP contribution in [0.4, 0.5) is 0 Å². The highest BCUT2D eigenvalue weighted by atomic mass is 16.4. The molecule has 0 saturated heterocycles. The second-order valence-corrected chi connectivity index (χ2v) is 5.09. The van der Waals surface area contributed by atoms with Gasteiger partial charge >= 0.3 is 11.9 Å². The number of hydrogen-bond donors (Lipinski definition) is 3. The lowest BCUT2D eigenvalue weighted by molar-refractivity contribution is -0.166. The van der Waals surface area contributed by atoms with Gasteiger partial charge in [0.25, 0.3) is 0 Å². The van der Waals surface area contributed by atoms with Crippen molar-refractivity contribution in [1.82, 2.24) is 0 Å². The molecule has 5 nitrogen and oxygen atoms in total.